The number of hydrogen-bond donors (Lipinski definition) is 3. The number of carbonyl (C=O) groups is 2. The molecular formula is C23H28Cl2FN3O2. The second-order valence-corrected chi connectivity index (χ2v) is 9.53. The van der Waals surface area contributed by atoms with Gasteiger partial charge in [-0.2, -0.15) is 0 Å². The van der Waals surface area contributed by atoms with Crippen LogP contribution >= 0.6 is 23.2 Å². The van der Waals surface area contributed by atoms with Gasteiger partial charge in [-0.3, -0.25) is 9.59 Å². The van der Waals surface area contributed by atoms with Crippen LogP contribution in [-0.2, 0) is 9.59 Å². The molecule has 1 heterocycles. The van der Waals surface area contributed by atoms with Crippen molar-refractivity contribution >= 4 is 41.2 Å². The van der Waals surface area contributed by atoms with E-state index in [2.05, 4.69) is 37.1 Å². The molecule has 8 heteroatoms. The summed E-state index contributed by atoms with van der Waals surface area (Å²) in [6, 6.07) is 11.9. The molecule has 0 saturated carbocycles. The average molecular weight is 468 g/mol. The molecule has 0 aliphatic carbocycles. The lowest BCUT2D eigenvalue weighted by molar-refractivity contribution is -0.120. The summed E-state index contributed by atoms with van der Waals surface area (Å²) in [5, 5.41) is 7.02. The van der Waals surface area contributed by atoms with Crippen molar-refractivity contribution < 1.29 is 14.0 Å². The Kier molecular flexibility index (Phi) is 8.86. The molecule has 0 bridgehead atoms. The molecule has 31 heavy (non-hydrogen) atoms. The summed E-state index contributed by atoms with van der Waals surface area (Å²) < 4.78 is 14.7. The molecule has 4 N–H and O–H groups in total. The zero-order valence-corrected chi connectivity index (χ0v) is 19.3. The minimum absolute atomic E-state index is 0.0218. The topological polar surface area (TPSA) is 84.2 Å². The summed E-state index contributed by atoms with van der Waals surface area (Å²) in [7, 11) is 0. The molecule has 2 aromatic carbocycles. The van der Waals surface area contributed by atoms with Crippen molar-refractivity contribution in [3.8, 4) is 0 Å². The van der Waals surface area contributed by atoms with Crippen molar-refractivity contribution in [3.05, 3.63) is 63.9 Å². The summed E-state index contributed by atoms with van der Waals surface area (Å²) in [6.45, 7) is 6.92. The lowest BCUT2D eigenvalue weighted by Crippen LogP contribution is -2.38. The number of primary amides is 1. The number of hydrogen-bond acceptors (Lipinski definition) is 3. The smallest absolute Gasteiger partial charge is 0.229 e. The van der Waals surface area contributed by atoms with Gasteiger partial charge in [0.05, 0.1) is 10.9 Å². The van der Waals surface area contributed by atoms with E-state index >= 15 is 0 Å². The largest absolute Gasteiger partial charge is 0.372 e. The van der Waals surface area contributed by atoms with Gasteiger partial charge in [0.2, 0.25) is 12.3 Å². The van der Waals surface area contributed by atoms with Crippen LogP contribution < -0.4 is 16.4 Å². The Bertz CT molecular complexity index is 918. The Hall–Kier alpha value is -2.15. The first kappa shape index (κ1) is 25.1. The summed E-state index contributed by atoms with van der Waals surface area (Å²) in [4.78, 5) is 21.8. The van der Waals surface area contributed by atoms with E-state index in [4.69, 9.17) is 28.0 Å². The van der Waals surface area contributed by atoms with Gasteiger partial charge >= 0.3 is 0 Å². The van der Waals surface area contributed by atoms with Crippen molar-refractivity contribution in [2.75, 3.05) is 11.9 Å². The van der Waals surface area contributed by atoms with E-state index in [0.29, 0.717) is 22.8 Å². The van der Waals surface area contributed by atoms with Crippen LogP contribution in [0.15, 0.2) is 42.5 Å². The third-order valence-corrected chi connectivity index (χ3v) is 5.60. The number of amides is 2. The number of benzene rings is 2. The van der Waals surface area contributed by atoms with E-state index in [1.165, 1.54) is 6.07 Å². The maximum atomic E-state index is 14.7. The van der Waals surface area contributed by atoms with Gasteiger partial charge in [-0.25, -0.2) is 4.39 Å². The predicted octanol–water partition coefficient (Wildman–Crippen LogP) is 4.98. The molecule has 168 valence electrons. The lowest BCUT2D eigenvalue weighted by Gasteiger charge is -2.29. The van der Waals surface area contributed by atoms with Gasteiger partial charge in [-0.1, -0.05) is 62.2 Å². The van der Waals surface area contributed by atoms with Crippen molar-refractivity contribution in [1.82, 2.24) is 5.32 Å². The van der Waals surface area contributed by atoms with E-state index in [1.807, 2.05) is 0 Å². The highest BCUT2D eigenvalue weighted by Crippen LogP contribution is 2.39. The van der Waals surface area contributed by atoms with Gasteiger partial charge in [-0.15, -0.1) is 0 Å². The Balaban J connectivity index is 0.00000107. The molecule has 2 amide bonds. The maximum absolute atomic E-state index is 14.7. The van der Waals surface area contributed by atoms with Crippen LogP contribution in [0.4, 0.5) is 10.1 Å². The van der Waals surface area contributed by atoms with E-state index in [-0.39, 0.29) is 34.7 Å². The number of halogens is 3. The van der Waals surface area contributed by atoms with Gasteiger partial charge in [-0.05, 0) is 41.7 Å². The van der Waals surface area contributed by atoms with Gasteiger partial charge in [0.1, 0.15) is 5.82 Å². The van der Waals surface area contributed by atoms with Gasteiger partial charge in [0.25, 0.3) is 0 Å². The molecule has 1 fully saturated rings. The SMILES string of the molecule is CC(C)(C)CC1NCC(c2cccc(Cl)c2F)C1C(=O)Nc1cccc(Cl)c1.NC=O. The molecule has 0 spiro atoms. The van der Waals surface area contributed by atoms with Crippen LogP contribution in [0.25, 0.3) is 0 Å². The Morgan fingerprint density at radius 1 is 1.26 bits per heavy atom. The fourth-order valence-electron chi connectivity index (χ4n) is 3.94. The van der Waals surface area contributed by atoms with Gasteiger partial charge < -0.3 is 16.4 Å². The molecule has 5 nitrogen and oxygen atoms in total. The average Bonchev–Trinajstić information content (AvgIpc) is 3.06. The van der Waals surface area contributed by atoms with E-state index < -0.39 is 11.7 Å². The number of anilines is 1. The van der Waals surface area contributed by atoms with Crippen LogP contribution in [0.5, 0.6) is 0 Å². The van der Waals surface area contributed by atoms with E-state index in [1.54, 1.807) is 36.4 Å². The molecule has 2 aromatic rings. The number of carbonyl (C=O) groups excluding carboxylic acids is 2. The minimum atomic E-state index is -0.451. The molecule has 1 aliphatic heterocycles. The van der Waals surface area contributed by atoms with Crippen LogP contribution in [-0.4, -0.2) is 24.9 Å². The number of nitrogens with one attached hydrogen (secondary N) is 2. The molecule has 1 saturated heterocycles. The number of rotatable bonds is 4. The van der Waals surface area contributed by atoms with E-state index in [0.717, 1.165) is 6.42 Å². The van der Waals surface area contributed by atoms with E-state index in [9.17, 15) is 9.18 Å². The second-order valence-electron chi connectivity index (χ2n) is 8.69. The third kappa shape index (κ3) is 6.92. The Morgan fingerprint density at radius 3 is 2.52 bits per heavy atom. The van der Waals surface area contributed by atoms with Crippen molar-refractivity contribution in [2.24, 2.45) is 17.1 Å². The maximum Gasteiger partial charge on any atom is 0.229 e. The molecule has 0 aromatic heterocycles. The lowest BCUT2D eigenvalue weighted by atomic mass is 9.78. The minimum Gasteiger partial charge on any atom is -0.372 e. The quantitative estimate of drug-likeness (QED) is 0.554. The fraction of sp³-hybridized carbons (Fsp3) is 0.391. The predicted molar refractivity (Wildman–Crippen MR) is 124 cm³/mol. The van der Waals surface area contributed by atoms with Crippen molar-refractivity contribution in [3.63, 3.8) is 0 Å². The first-order valence-electron chi connectivity index (χ1n) is 9.96. The number of nitrogens with two attached hydrogens (primary N) is 1. The molecular weight excluding hydrogens is 440 g/mol. The molecule has 1 aliphatic rings. The summed E-state index contributed by atoms with van der Waals surface area (Å²) >= 11 is 12.0. The zero-order chi connectivity index (χ0) is 23.2. The summed E-state index contributed by atoms with van der Waals surface area (Å²) in [6.07, 6.45) is 1.04. The first-order valence-corrected chi connectivity index (χ1v) is 10.7. The highest BCUT2D eigenvalue weighted by Gasteiger charge is 2.43. The molecule has 3 rings (SSSR count). The van der Waals surface area contributed by atoms with Crippen molar-refractivity contribution in [2.45, 2.75) is 39.2 Å². The van der Waals surface area contributed by atoms with Crippen LogP contribution in [0, 0.1) is 17.2 Å². The highest BCUT2D eigenvalue weighted by molar-refractivity contribution is 6.31. The van der Waals surface area contributed by atoms with Crippen LogP contribution in [0.3, 0.4) is 0 Å². The highest BCUT2D eigenvalue weighted by atomic mass is 35.5. The Labute approximate surface area is 192 Å². The first-order chi connectivity index (χ1) is 14.6. The summed E-state index contributed by atoms with van der Waals surface area (Å²) in [5.41, 5.74) is 5.29. The molecule has 3 unspecified atom stereocenters. The van der Waals surface area contributed by atoms with Crippen molar-refractivity contribution in [1.29, 1.82) is 0 Å². The third-order valence-electron chi connectivity index (χ3n) is 5.08. The van der Waals surface area contributed by atoms with Crippen LogP contribution in [0.2, 0.25) is 10.0 Å². The Morgan fingerprint density at radius 2 is 1.90 bits per heavy atom. The van der Waals surface area contributed by atoms with Gasteiger partial charge in [0, 0.05) is 29.2 Å². The zero-order valence-electron chi connectivity index (χ0n) is 17.8. The molecule has 0 radical (unpaired) electrons. The monoisotopic (exact) mass is 467 g/mol. The van der Waals surface area contributed by atoms with Crippen LogP contribution in [0.1, 0.15) is 38.7 Å². The summed E-state index contributed by atoms with van der Waals surface area (Å²) in [5.74, 6) is -1.32. The standard InChI is InChI=1S/C22H25Cl2FN2O.CH3NO/c1-22(2,3)11-18-19(21(28)27-14-7-4-6-13(23)10-14)16(12-26-18)15-8-5-9-17(24)20(15)25;2-1-3/h4-10,16,18-19,26H,11-12H2,1-3H3,(H,27,28);1H,(H2,2,3). The fourth-order valence-corrected chi connectivity index (χ4v) is 4.31. The second kappa shape index (κ2) is 10.9. The molecule has 3 atom stereocenters. The normalized spacial score (nSPS) is 20.5. The van der Waals surface area contributed by atoms with Gasteiger partial charge in [0.15, 0.2) is 0 Å².